The molecule has 0 aliphatic carbocycles. The number of carbonyl (C=O) groups is 3. The van der Waals surface area contributed by atoms with Crippen molar-refractivity contribution in [3.05, 3.63) is 71.2 Å². The van der Waals surface area contributed by atoms with Gasteiger partial charge in [0.05, 0.1) is 17.9 Å². The first-order valence-corrected chi connectivity index (χ1v) is 13.7. The van der Waals surface area contributed by atoms with Crippen LogP contribution in [-0.2, 0) is 9.53 Å². The number of fused-ring (bicyclic) bond motifs is 1. The number of rotatable bonds is 5. The van der Waals surface area contributed by atoms with E-state index in [0.29, 0.717) is 51.4 Å². The summed E-state index contributed by atoms with van der Waals surface area (Å²) in [5.74, 6) is 0.0409. The molecule has 2 aliphatic heterocycles. The lowest BCUT2D eigenvalue weighted by molar-refractivity contribution is -0.127. The van der Waals surface area contributed by atoms with E-state index in [4.69, 9.17) is 9.72 Å². The van der Waals surface area contributed by atoms with E-state index in [-0.39, 0.29) is 23.8 Å². The number of pyridine rings is 1. The Morgan fingerprint density at radius 3 is 2.44 bits per heavy atom. The van der Waals surface area contributed by atoms with E-state index in [1.807, 2.05) is 60.5 Å². The summed E-state index contributed by atoms with van der Waals surface area (Å²) in [5.41, 5.74) is 4.34. The Morgan fingerprint density at radius 1 is 0.974 bits per heavy atom. The van der Waals surface area contributed by atoms with Gasteiger partial charge in [0.25, 0.3) is 5.91 Å². The monoisotopic (exact) mass is 529 g/mol. The highest BCUT2D eigenvalue weighted by Crippen LogP contribution is 2.30. The highest BCUT2D eigenvalue weighted by molar-refractivity contribution is 5.97. The van der Waals surface area contributed by atoms with Gasteiger partial charge in [-0.3, -0.25) is 14.6 Å². The van der Waals surface area contributed by atoms with Crippen LogP contribution in [0.25, 0.3) is 17.0 Å². The summed E-state index contributed by atoms with van der Waals surface area (Å²) in [5, 5.41) is 1.09. The molecule has 5 rings (SSSR count). The number of amides is 3. The number of carbonyl (C=O) groups excluding carboxylic acids is 3. The van der Waals surface area contributed by atoms with Crippen LogP contribution >= 0.6 is 0 Å². The molecule has 1 N–H and O–H groups in total. The summed E-state index contributed by atoms with van der Waals surface area (Å²) in [6, 6.07) is 11.8. The van der Waals surface area contributed by atoms with Crippen LogP contribution in [0.15, 0.2) is 48.7 Å². The number of hydrogen-bond acceptors (Lipinski definition) is 5. The Labute approximate surface area is 228 Å². The maximum Gasteiger partial charge on any atom is 0.409 e. The zero-order valence-corrected chi connectivity index (χ0v) is 22.6. The third kappa shape index (κ3) is 5.82. The largest absolute Gasteiger partial charge is 0.450 e. The van der Waals surface area contributed by atoms with Gasteiger partial charge < -0.3 is 24.4 Å². The van der Waals surface area contributed by atoms with Crippen LogP contribution in [0, 0.1) is 6.92 Å². The van der Waals surface area contributed by atoms with Gasteiger partial charge in [0, 0.05) is 74.1 Å². The highest BCUT2D eigenvalue weighted by Gasteiger charge is 2.31. The average Bonchev–Trinajstić information content (AvgIpc) is 3.39. The van der Waals surface area contributed by atoms with Crippen LogP contribution in [0.4, 0.5) is 4.79 Å². The van der Waals surface area contributed by atoms with Crippen LogP contribution in [-0.4, -0.2) is 88.5 Å². The molecule has 1 aromatic carbocycles. The minimum absolute atomic E-state index is 0.00768. The zero-order valence-electron chi connectivity index (χ0n) is 22.6. The summed E-state index contributed by atoms with van der Waals surface area (Å²) in [7, 11) is 0. The Morgan fingerprint density at radius 2 is 1.69 bits per heavy atom. The highest BCUT2D eigenvalue weighted by atomic mass is 16.6. The second-order valence-corrected chi connectivity index (χ2v) is 10.1. The van der Waals surface area contributed by atoms with Crippen molar-refractivity contribution in [1.82, 2.24) is 24.7 Å². The topological polar surface area (TPSA) is 98.8 Å². The van der Waals surface area contributed by atoms with Crippen molar-refractivity contribution in [2.75, 3.05) is 45.9 Å². The zero-order chi connectivity index (χ0) is 27.4. The van der Waals surface area contributed by atoms with Crippen molar-refractivity contribution in [3.63, 3.8) is 0 Å². The summed E-state index contributed by atoms with van der Waals surface area (Å²) in [6.07, 6.45) is 6.60. The molecule has 4 heterocycles. The lowest BCUT2D eigenvalue weighted by Gasteiger charge is -2.35. The van der Waals surface area contributed by atoms with E-state index in [9.17, 15) is 14.4 Å². The molecule has 0 unspecified atom stereocenters. The fourth-order valence-electron chi connectivity index (χ4n) is 5.42. The van der Waals surface area contributed by atoms with Crippen LogP contribution < -0.4 is 0 Å². The molecule has 2 aliphatic rings. The molecule has 204 valence electrons. The number of nitrogens with one attached hydrogen (secondary N) is 1. The fraction of sp³-hybridized carbons (Fsp3) is 0.400. The standard InChI is InChI=1S/C30H35N5O4/c1-3-39-30(38)35-18-16-34(17-19-35)29(37)25-10-8-21(2)32-28(25)22-12-14-33(15-13-22)27(36)11-9-23-20-31-26-7-5-4-6-24(23)26/h4-11,20,22,31H,3,12-19H2,1-2H3/b11-9+. The number of aryl methyl sites for hydroxylation is 1. The number of likely N-dealkylation sites (tertiary alicyclic amines) is 1. The van der Waals surface area contributed by atoms with E-state index in [1.165, 1.54) is 0 Å². The second-order valence-electron chi connectivity index (χ2n) is 10.1. The quantitative estimate of drug-likeness (QED) is 0.500. The molecule has 3 aromatic rings. The van der Waals surface area contributed by atoms with E-state index >= 15 is 0 Å². The van der Waals surface area contributed by atoms with E-state index in [2.05, 4.69) is 4.98 Å². The molecular formula is C30H35N5O4. The maximum atomic E-state index is 13.5. The van der Waals surface area contributed by atoms with Crippen LogP contribution in [0.1, 0.15) is 53.0 Å². The lowest BCUT2D eigenvalue weighted by Crippen LogP contribution is -2.51. The Hall–Kier alpha value is -4.14. The summed E-state index contributed by atoms with van der Waals surface area (Å²) in [6.45, 7) is 7.10. The van der Waals surface area contributed by atoms with Gasteiger partial charge in [-0.2, -0.15) is 0 Å². The molecule has 9 heteroatoms. The number of aromatic amines is 1. The first kappa shape index (κ1) is 26.5. The summed E-state index contributed by atoms with van der Waals surface area (Å²) in [4.78, 5) is 51.8. The number of piperazine rings is 1. The molecule has 0 bridgehead atoms. The van der Waals surface area contributed by atoms with Crippen molar-refractivity contribution >= 4 is 34.9 Å². The van der Waals surface area contributed by atoms with E-state index in [0.717, 1.165) is 40.7 Å². The predicted molar refractivity (Wildman–Crippen MR) is 149 cm³/mol. The van der Waals surface area contributed by atoms with Crippen LogP contribution in [0.5, 0.6) is 0 Å². The minimum Gasteiger partial charge on any atom is -0.450 e. The van der Waals surface area contributed by atoms with Crippen LogP contribution in [0.3, 0.4) is 0 Å². The molecule has 0 saturated carbocycles. The van der Waals surface area contributed by atoms with Crippen LogP contribution in [0.2, 0.25) is 0 Å². The third-order valence-corrected chi connectivity index (χ3v) is 7.61. The molecule has 0 radical (unpaired) electrons. The average molecular weight is 530 g/mol. The number of benzene rings is 1. The molecule has 2 aromatic heterocycles. The molecule has 39 heavy (non-hydrogen) atoms. The third-order valence-electron chi connectivity index (χ3n) is 7.61. The first-order chi connectivity index (χ1) is 18.9. The Balaban J connectivity index is 1.21. The van der Waals surface area contributed by atoms with Crippen molar-refractivity contribution in [2.45, 2.75) is 32.6 Å². The lowest BCUT2D eigenvalue weighted by atomic mass is 9.89. The van der Waals surface area contributed by atoms with Crippen molar-refractivity contribution in [2.24, 2.45) is 0 Å². The SMILES string of the molecule is CCOC(=O)N1CCN(C(=O)c2ccc(C)nc2C2CCN(C(=O)/C=C/c3c[nH]c4ccccc34)CC2)CC1. The number of piperidine rings is 1. The normalized spacial score (nSPS) is 16.7. The first-order valence-electron chi connectivity index (χ1n) is 13.7. The molecule has 9 nitrogen and oxygen atoms in total. The molecule has 0 atom stereocenters. The number of nitrogens with zero attached hydrogens (tertiary/aromatic N) is 4. The van der Waals surface area contributed by atoms with Gasteiger partial charge in [-0.1, -0.05) is 18.2 Å². The Kier molecular flexibility index (Phi) is 7.95. The van der Waals surface area contributed by atoms with Gasteiger partial charge >= 0.3 is 6.09 Å². The number of aromatic nitrogens is 2. The van der Waals surface area contributed by atoms with Gasteiger partial charge in [0.15, 0.2) is 0 Å². The number of ether oxygens (including phenoxy) is 1. The Bertz CT molecular complexity index is 1380. The molecular weight excluding hydrogens is 494 g/mol. The van der Waals surface area contributed by atoms with Gasteiger partial charge in [0.1, 0.15) is 0 Å². The van der Waals surface area contributed by atoms with Crippen molar-refractivity contribution < 1.29 is 19.1 Å². The molecule has 2 fully saturated rings. The summed E-state index contributed by atoms with van der Waals surface area (Å²) < 4.78 is 5.09. The van der Waals surface area contributed by atoms with Gasteiger partial charge in [-0.15, -0.1) is 0 Å². The number of para-hydroxylation sites is 1. The van der Waals surface area contributed by atoms with Crippen molar-refractivity contribution in [1.29, 1.82) is 0 Å². The number of H-pyrrole nitrogens is 1. The molecule has 3 amide bonds. The summed E-state index contributed by atoms with van der Waals surface area (Å²) >= 11 is 0. The minimum atomic E-state index is -0.333. The smallest absolute Gasteiger partial charge is 0.409 e. The van der Waals surface area contributed by atoms with E-state index < -0.39 is 0 Å². The molecule has 0 spiro atoms. The van der Waals surface area contributed by atoms with E-state index in [1.54, 1.807) is 22.8 Å². The van der Waals surface area contributed by atoms with Gasteiger partial charge in [0.2, 0.25) is 5.91 Å². The second kappa shape index (κ2) is 11.7. The van der Waals surface area contributed by atoms with Crippen molar-refractivity contribution in [3.8, 4) is 0 Å². The fourth-order valence-corrected chi connectivity index (χ4v) is 5.42. The number of hydrogen-bond donors (Lipinski definition) is 1. The molecule has 2 saturated heterocycles. The predicted octanol–water partition coefficient (Wildman–Crippen LogP) is 4.21. The van der Waals surface area contributed by atoms with Gasteiger partial charge in [-0.05, 0) is 56.5 Å². The van der Waals surface area contributed by atoms with Gasteiger partial charge in [-0.25, -0.2) is 4.79 Å². The maximum absolute atomic E-state index is 13.5.